The van der Waals surface area contributed by atoms with Gasteiger partial charge in [-0.05, 0) is 36.5 Å². The summed E-state index contributed by atoms with van der Waals surface area (Å²) in [6.45, 7) is 0.388. The second-order valence-electron chi connectivity index (χ2n) is 8.50. The molecule has 1 aromatic rings. The molecule has 5 N–H and O–H groups in total. The number of likely N-dealkylation sites (tertiary alicyclic amines) is 1. The van der Waals surface area contributed by atoms with Crippen molar-refractivity contribution in [1.29, 1.82) is 0 Å². The van der Waals surface area contributed by atoms with Crippen LogP contribution in [0, 0.1) is 5.92 Å². The van der Waals surface area contributed by atoms with E-state index in [0.717, 1.165) is 18.4 Å². The van der Waals surface area contributed by atoms with Crippen LogP contribution in [0.15, 0.2) is 35.9 Å². The standard InChI is InChI=1S/C23H28ClN3O6S2/c24-16-4-2-1-3-15(16)21(22(32)13-5-6-13)27-8-7-18(14(11-27)9-19(28)29)35-34-12-17(25)23(33)26-10-20(30)31/h1-4,9,13,17-18,21H,5-8,10-12,25H2,(H,26,33)(H,28,29)(H,30,31)/b14-9-. The van der Waals surface area contributed by atoms with Crippen LogP contribution in [0.5, 0.6) is 0 Å². The zero-order chi connectivity index (χ0) is 25.5. The average molecular weight is 542 g/mol. The van der Waals surface area contributed by atoms with Crippen molar-refractivity contribution in [3.8, 4) is 0 Å². The number of carbonyl (C=O) groups is 4. The van der Waals surface area contributed by atoms with Gasteiger partial charge in [0.1, 0.15) is 6.54 Å². The van der Waals surface area contributed by atoms with E-state index in [-0.39, 0.29) is 22.7 Å². The maximum atomic E-state index is 13.2. The number of carboxylic acid groups (broad SMARTS) is 2. The molecular formula is C23H28ClN3O6S2. The Hall–Kier alpha value is -2.05. The Kier molecular flexibility index (Phi) is 10.0. The molecule has 2 fully saturated rings. The SMILES string of the molecule is NC(CSSC1CCN(C(C(=O)C2CC2)c2ccccc2Cl)C/C1=C/C(=O)O)C(=O)NCC(=O)O. The van der Waals surface area contributed by atoms with Crippen LogP contribution in [0.4, 0.5) is 0 Å². The van der Waals surface area contributed by atoms with Crippen LogP contribution in [0.2, 0.25) is 5.02 Å². The van der Waals surface area contributed by atoms with Crippen molar-refractivity contribution in [2.45, 2.75) is 36.6 Å². The zero-order valence-electron chi connectivity index (χ0n) is 18.9. The maximum absolute atomic E-state index is 13.2. The minimum atomic E-state index is -1.15. The summed E-state index contributed by atoms with van der Waals surface area (Å²) in [7, 11) is 2.76. The lowest BCUT2D eigenvalue weighted by atomic mass is 9.94. The first-order chi connectivity index (χ1) is 16.7. The van der Waals surface area contributed by atoms with E-state index in [1.54, 1.807) is 6.07 Å². The van der Waals surface area contributed by atoms with E-state index in [4.69, 9.17) is 22.4 Å². The van der Waals surface area contributed by atoms with Crippen molar-refractivity contribution in [1.82, 2.24) is 10.2 Å². The quantitative estimate of drug-likeness (QED) is 0.229. The molecule has 0 radical (unpaired) electrons. The number of ketones is 1. The van der Waals surface area contributed by atoms with Gasteiger partial charge in [-0.15, -0.1) is 0 Å². The summed E-state index contributed by atoms with van der Waals surface area (Å²) in [5, 5.41) is 20.7. The van der Waals surface area contributed by atoms with Gasteiger partial charge in [0.05, 0.1) is 12.1 Å². The summed E-state index contributed by atoms with van der Waals surface area (Å²) in [5.74, 6) is -2.41. The Morgan fingerprint density at radius 2 is 1.91 bits per heavy atom. The van der Waals surface area contributed by atoms with Gasteiger partial charge in [-0.25, -0.2) is 4.79 Å². The van der Waals surface area contributed by atoms with Crippen molar-refractivity contribution in [2.24, 2.45) is 11.7 Å². The lowest BCUT2D eigenvalue weighted by molar-refractivity contribution is -0.138. The van der Waals surface area contributed by atoms with E-state index in [2.05, 4.69) is 5.32 Å². The second-order valence-corrected chi connectivity index (χ2v) is 11.5. The van der Waals surface area contributed by atoms with Crippen molar-refractivity contribution in [3.63, 3.8) is 0 Å². The van der Waals surface area contributed by atoms with E-state index < -0.39 is 36.5 Å². The third-order valence-electron chi connectivity index (χ3n) is 5.78. The summed E-state index contributed by atoms with van der Waals surface area (Å²) >= 11 is 6.45. The molecule has 12 heteroatoms. The molecule has 3 atom stereocenters. The number of carboxylic acids is 2. The second kappa shape index (κ2) is 12.8. The van der Waals surface area contributed by atoms with Crippen LogP contribution in [0.1, 0.15) is 30.9 Å². The fourth-order valence-electron chi connectivity index (χ4n) is 3.89. The molecule has 9 nitrogen and oxygen atoms in total. The molecule has 1 aliphatic heterocycles. The Morgan fingerprint density at radius 3 is 2.54 bits per heavy atom. The molecule has 0 bridgehead atoms. The lowest BCUT2D eigenvalue weighted by Gasteiger charge is -2.38. The van der Waals surface area contributed by atoms with Gasteiger partial charge < -0.3 is 21.3 Å². The van der Waals surface area contributed by atoms with E-state index in [0.29, 0.717) is 30.1 Å². The summed E-state index contributed by atoms with van der Waals surface area (Å²) < 4.78 is 0. The zero-order valence-corrected chi connectivity index (χ0v) is 21.3. The average Bonchev–Trinajstić information content (AvgIpc) is 3.65. The number of amides is 1. The fourth-order valence-corrected chi connectivity index (χ4v) is 6.97. The minimum Gasteiger partial charge on any atom is -0.480 e. The number of Topliss-reactive ketones (excluding diaryl/α,β-unsaturated/α-hetero) is 1. The largest absolute Gasteiger partial charge is 0.480 e. The Labute approximate surface area is 216 Å². The molecule has 3 unspecified atom stereocenters. The van der Waals surface area contributed by atoms with Gasteiger partial charge in [0.15, 0.2) is 5.78 Å². The van der Waals surface area contributed by atoms with E-state index in [1.807, 2.05) is 23.1 Å². The molecule has 1 heterocycles. The predicted molar refractivity (Wildman–Crippen MR) is 136 cm³/mol. The number of piperidine rings is 1. The molecule has 1 saturated heterocycles. The topological polar surface area (TPSA) is 150 Å². The minimum absolute atomic E-state index is 0.0135. The highest BCUT2D eigenvalue weighted by Crippen LogP contribution is 2.42. The summed E-state index contributed by atoms with van der Waals surface area (Å²) in [4.78, 5) is 49.3. The number of nitrogens with one attached hydrogen (secondary N) is 1. The maximum Gasteiger partial charge on any atom is 0.328 e. The number of rotatable bonds is 12. The molecule has 1 aromatic carbocycles. The number of carbonyl (C=O) groups excluding carboxylic acids is 2. The first kappa shape index (κ1) is 27.5. The van der Waals surface area contributed by atoms with E-state index in [9.17, 15) is 24.3 Å². The van der Waals surface area contributed by atoms with Crippen molar-refractivity contribution in [2.75, 3.05) is 25.4 Å². The summed E-state index contributed by atoms with van der Waals surface area (Å²) in [6, 6.07) is 5.84. The van der Waals surface area contributed by atoms with Crippen molar-refractivity contribution >= 4 is 56.8 Å². The fraction of sp³-hybridized carbons (Fsp3) is 0.478. The van der Waals surface area contributed by atoms with E-state index in [1.165, 1.54) is 27.7 Å². The first-order valence-electron chi connectivity index (χ1n) is 11.2. The molecule has 0 spiro atoms. The third kappa shape index (κ3) is 7.97. The van der Waals surface area contributed by atoms with Crippen LogP contribution >= 0.6 is 33.2 Å². The van der Waals surface area contributed by atoms with Crippen molar-refractivity contribution in [3.05, 3.63) is 46.5 Å². The smallest absolute Gasteiger partial charge is 0.328 e. The number of halogens is 1. The number of hydrogen-bond donors (Lipinski definition) is 4. The van der Waals surface area contributed by atoms with Gasteiger partial charge in [-0.2, -0.15) is 0 Å². The molecule has 1 aliphatic carbocycles. The van der Waals surface area contributed by atoms with Crippen LogP contribution in [-0.2, 0) is 19.2 Å². The Bertz CT molecular complexity index is 1000. The van der Waals surface area contributed by atoms with Crippen LogP contribution in [0.25, 0.3) is 0 Å². The Morgan fingerprint density at radius 1 is 1.20 bits per heavy atom. The molecule has 35 heavy (non-hydrogen) atoms. The van der Waals surface area contributed by atoms with Crippen LogP contribution in [-0.4, -0.2) is 75.4 Å². The monoisotopic (exact) mass is 541 g/mol. The summed E-state index contributed by atoms with van der Waals surface area (Å²) in [5.41, 5.74) is 7.24. The number of nitrogens with two attached hydrogens (primary N) is 1. The van der Waals surface area contributed by atoms with Gasteiger partial charge in [0, 0.05) is 41.1 Å². The predicted octanol–water partition coefficient (Wildman–Crippen LogP) is 2.35. The highest BCUT2D eigenvalue weighted by Gasteiger charge is 2.41. The lowest BCUT2D eigenvalue weighted by Crippen LogP contribution is -2.44. The van der Waals surface area contributed by atoms with Crippen LogP contribution in [0.3, 0.4) is 0 Å². The van der Waals surface area contributed by atoms with Gasteiger partial charge in [0.2, 0.25) is 5.91 Å². The highest BCUT2D eigenvalue weighted by atomic mass is 35.5. The van der Waals surface area contributed by atoms with E-state index >= 15 is 0 Å². The molecular weight excluding hydrogens is 514 g/mol. The number of aliphatic carboxylic acids is 2. The molecule has 0 aromatic heterocycles. The molecule has 2 aliphatic rings. The Balaban J connectivity index is 1.67. The van der Waals surface area contributed by atoms with Gasteiger partial charge in [-0.1, -0.05) is 51.4 Å². The van der Waals surface area contributed by atoms with Gasteiger partial charge >= 0.3 is 11.9 Å². The third-order valence-corrected chi connectivity index (χ3v) is 9.04. The van der Waals surface area contributed by atoms with Crippen molar-refractivity contribution < 1.29 is 29.4 Å². The van der Waals surface area contributed by atoms with Gasteiger partial charge in [-0.3, -0.25) is 19.3 Å². The summed E-state index contributed by atoms with van der Waals surface area (Å²) in [6.07, 6.45) is 3.52. The molecule has 190 valence electrons. The number of hydrogen-bond acceptors (Lipinski definition) is 8. The molecule has 1 amide bonds. The normalized spacial score (nSPS) is 21.3. The van der Waals surface area contributed by atoms with Crippen LogP contribution < -0.4 is 11.1 Å². The van der Waals surface area contributed by atoms with Gasteiger partial charge in [0.25, 0.3) is 0 Å². The first-order valence-corrected chi connectivity index (χ1v) is 13.9. The highest BCUT2D eigenvalue weighted by molar-refractivity contribution is 8.77. The number of nitrogens with zero attached hydrogens (tertiary/aromatic N) is 1. The number of benzene rings is 1. The molecule has 1 saturated carbocycles. The molecule has 3 rings (SSSR count).